The number of rotatable bonds is 6. The van der Waals surface area contributed by atoms with Crippen LogP contribution in [0.1, 0.15) is 23.6 Å². The number of esters is 1. The van der Waals surface area contributed by atoms with Gasteiger partial charge in [0, 0.05) is 0 Å². The summed E-state index contributed by atoms with van der Waals surface area (Å²) in [4.78, 5) is 29.3. The molecule has 0 bridgehead atoms. The van der Waals surface area contributed by atoms with Crippen LogP contribution < -0.4 is 9.54 Å². The standard InChI is InChI=1S/C22H24N2O4S/c1-5-28-17-8-6-16(7-9-17)12-20(25)23-22-24(13-21(26)27-4)18-10-14(2)15(3)11-19(18)29-22/h6-11H,5,12-13H2,1-4H3. The van der Waals surface area contributed by atoms with Gasteiger partial charge in [-0.15, -0.1) is 0 Å². The van der Waals surface area contributed by atoms with Gasteiger partial charge in [-0.3, -0.25) is 9.59 Å². The van der Waals surface area contributed by atoms with Gasteiger partial charge in [0.15, 0.2) is 4.80 Å². The van der Waals surface area contributed by atoms with Crippen LogP contribution in [0, 0.1) is 13.8 Å². The number of benzene rings is 2. The summed E-state index contributed by atoms with van der Waals surface area (Å²) in [5, 5.41) is 0. The van der Waals surface area contributed by atoms with Gasteiger partial charge in [0.2, 0.25) is 0 Å². The van der Waals surface area contributed by atoms with Crippen molar-refractivity contribution in [3.8, 4) is 5.75 Å². The fourth-order valence-corrected chi connectivity index (χ4v) is 4.07. The average Bonchev–Trinajstić information content (AvgIpc) is 2.99. The molecule has 0 spiro atoms. The third kappa shape index (κ3) is 4.92. The zero-order chi connectivity index (χ0) is 21.0. The first-order chi connectivity index (χ1) is 13.9. The molecule has 1 aromatic heterocycles. The number of thiazole rings is 1. The van der Waals surface area contributed by atoms with Gasteiger partial charge < -0.3 is 14.0 Å². The first-order valence-corrected chi connectivity index (χ1v) is 10.2. The highest BCUT2D eigenvalue weighted by Gasteiger charge is 2.13. The highest BCUT2D eigenvalue weighted by Crippen LogP contribution is 2.22. The Hall–Kier alpha value is -2.93. The van der Waals surface area contributed by atoms with E-state index in [0.29, 0.717) is 11.4 Å². The van der Waals surface area contributed by atoms with E-state index in [1.807, 2.05) is 51.1 Å². The molecule has 29 heavy (non-hydrogen) atoms. The summed E-state index contributed by atoms with van der Waals surface area (Å²) in [5.74, 6) is 0.114. The van der Waals surface area contributed by atoms with Crippen molar-refractivity contribution in [3.05, 3.63) is 57.9 Å². The molecule has 0 saturated heterocycles. The van der Waals surface area contributed by atoms with Crippen LogP contribution in [0.25, 0.3) is 10.2 Å². The molecule has 0 atom stereocenters. The van der Waals surface area contributed by atoms with Gasteiger partial charge in [-0.25, -0.2) is 0 Å². The second kappa shape index (κ2) is 9.05. The zero-order valence-corrected chi connectivity index (χ0v) is 17.8. The molecule has 0 aliphatic carbocycles. The maximum absolute atomic E-state index is 12.6. The number of carbonyl (C=O) groups is 2. The molecule has 7 heteroatoms. The molecule has 0 N–H and O–H groups in total. The Labute approximate surface area is 173 Å². The molecular formula is C22H24N2O4S. The van der Waals surface area contributed by atoms with Crippen molar-refractivity contribution in [2.75, 3.05) is 13.7 Å². The minimum absolute atomic E-state index is 0.00810. The van der Waals surface area contributed by atoms with E-state index >= 15 is 0 Å². The number of hydrogen-bond acceptors (Lipinski definition) is 5. The van der Waals surface area contributed by atoms with Crippen molar-refractivity contribution in [2.24, 2.45) is 4.99 Å². The van der Waals surface area contributed by atoms with E-state index in [4.69, 9.17) is 9.47 Å². The predicted molar refractivity (Wildman–Crippen MR) is 113 cm³/mol. The number of methoxy groups -OCH3 is 1. The Balaban J connectivity index is 1.95. The van der Waals surface area contributed by atoms with Gasteiger partial charge in [-0.05, 0) is 61.7 Å². The molecular weight excluding hydrogens is 388 g/mol. The molecule has 3 aromatic rings. The fraction of sp³-hybridized carbons (Fsp3) is 0.318. The van der Waals surface area contributed by atoms with Crippen molar-refractivity contribution >= 4 is 33.4 Å². The Kier molecular flexibility index (Phi) is 6.49. The summed E-state index contributed by atoms with van der Waals surface area (Å²) in [6.45, 7) is 6.58. The molecule has 0 fully saturated rings. The topological polar surface area (TPSA) is 69.9 Å². The normalized spacial score (nSPS) is 11.7. The van der Waals surface area contributed by atoms with Crippen molar-refractivity contribution in [1.82, 2.24) is 4.57 Å². The zero-order valence-electron chi connectivity index (χ0n) is 17.0. The lowest BCUT2D eigenvalue weighted by Crippen LogP contribution is -2.22. The van der Waals surface area contributed by atoms with E-state index in [0.717, 1.165) is 32.7 Å². The summed E-state index contributed by atoms with van der Waals surface area (Å²) in [6.07, 6.45) is 0.178. The smallest absolute Gasteiger partial charge is 0.325 e. The lowest BCUT2D eigenvalue weighted by atomic mass is 10.1. The highest BCUT2D eigenvalue weighted by molar-refractivity contribution is 7.16. The monoisotopic (exact) mass is 412 g/mol. The van der Waals surface area contributed by atoms with Gasteiger partial charge in [-0.1, -0.05) is 23.5 Å². The fourth-order valence-electron chi connectivity index (χ4n) is 2.94. The van der Waals surface area contributed by atoms with Crippen LogP contribution in [0.2, 0.25) is 0 Å². The Morgan fingerprint density at radius 2 is 1.79 bits per heavy atom. The van der Waals surface area contributed by atoms with Crippen LogP contribution in [0.5, 0.6) is 5.75 Å². The SMILES string of the molecule is CCOc1ccc(CC(=O)N=c2sc3cc(C)c(C)cc3n2CC(=O)OC)cc1. The highest BCUT2D eigenvalue weighted by atomic mass is 32.1. The largest absolute Gasteiger partial charge is 0.494 e. The van der Waals surface area contributed by atoms with Gasteiger partial charge in [-0.2, -0.15) is 4.99 Å². The van der Waals surface area contributed by atoms with Gasteiger partial charge >= 0.3 is 5.97 Å². The number of aromatic nitrogens is 1. The number of amides is 1. The van der Waals surface area contributed by atoms with Crippen LogP contribution in [-0.2, 0) is 27.3 Å². The quantitative estimate of drug-likeness (QED) is 0.581. The van der Waals surface area contributed by atoms with Crippen molar-refractivity contribution in [3.63, 3.8) is 0 Å². The molecule has 2 aromatic carbocycles. The molecule has 0 radical (unpaired) electrons. The summed E-state index contributed by atoms with van der Waals surface area (Å²) >= 11 is 1.39. The summed E-state index contributed by atoms with van der Waals surface area (Å²) in [5.41, 5.74) is 3.99. The predicted octanol–water partition coefficient (Wildman–Crippen LogP) is 3.56. The van der Waals surface area contributed by atoms with Crippen LogP contribution >= 0.6 is 11.3 Å². The maximum Gasteiger partial charge on any atom is 0.325 e. The molecule has 1 heterocycles. The molecule has 0 saturated carbocycles. The Morgan fingerprint density at radius 3 is 2.45 bits per heavy atom. The third-order valence-electron chi connectivity index (χ3n) is 4.62. The van der Waals surface area contributed by atoms with Crippen LogP contribution in [0.4, 0.5) is 0 Å². The van der Waals surface area contributed by atoms with E-state index in [1.165, 1.54) is 18.4 Å². The molecule has 0 aliphatic heterocycles. The minimum Gasteiger partial charge on any atom is -0.494 e. The lowest BCUT2D eigenvalue weighted by Gasteiger charge is -2.06. The van der Waals surface area contributed by atoms with E-state index in [9.17, 15) is 9.59 Å². The number of carbonyl (C=O) groups excluding carboxylic acids is 2. The van der Waals surface area contributed by atoms with Crippen molar-refractivity contribution < 1.29 is 19.1 Å². The van der Waals surface area contributed by atoms with Crippen LogP contribution in [-0.4, -0.2) is 30.2 Å². The third-order valence-corrected chi connectivity index (χ3v) is 5.66. The Morgan fingerprint density at radius 1 is 1.10 bits per heavy atom. The molecule has 152 valence electrons. The van der Waals surface area contributed by atoms with E-state index < -0.39 is 0 Å². The van der Waals surface area contributed by atoms with Crippen molar-refractivity contribution in [1.29, 1.82) is 0 Å². The van der Waals surface area contributed by atoms with E-state index in [-0.39, 0.29) is 24.8 Å². The van der Waals surface area contributed by atoms with Gasteiger partial charge in [0.25, 0.3) is 5.91 Å². The maximum atomic E-state index is 12.6. The average molecular weight is 413 g/mol. The van der Waals surface area contributed by atoms with Crippen molar-refractivity contribution in [2.45, 2.75) is 33.7 Å². The Bertz CT molecular complexity index is 1110. The lowest BCUT2D eigenvalue weighted by molar-refractivity contribution is -0.141. The first kappa shape index (κ1) is 20.8. The molecule has 1 amide bonds. The summed E-state index contributed by atoms with van der Waals surface area (Å²) < 4.78 is 13.0. The number of nitrogens with zero attached hydrogens (tertiary/aromatic N) is 2. The minimum atomic E-state index is -0.386. The van der Waals surface area contributed by atoms with E-state index in [1.54, 1.807) is 4.57 Å². The van der Waals surface area contributed by atoms with Crippen LogP contribution in [0.15, 0.2) is 41.4 Å². The number of ether oxygens (including phenoxy) is 2. The molecule has 0 unspecified atom stereocenters. The van der Waals surface area contributed by atoms with Crippen LogP contribution in [0.3, 0.4) is 0 Å². The molecule has 0 aliphatic rings. The number of aryl methyl sites for hydroxylation is 2. The molecule has 6 nitrogen and oxygen atoms in total. The number of hydrogen-bond donors (Lipinski definition) is 0. The number of fused-ring (bicyclic) bond motifs is 1. The van der Waals surface area contributed by atoms with Gasteiger partial charge in [0.05, 0.1) is 30.4 Å². The second-order valence-corrected chi connectivity index (χ2v) is 7.72. The van der Waals surface area contributed by atoms with Gasteiger partial charge in [0.1, 0.15) is 12.3 Å². The summed E-state index contributed by atoms with van der Waals surface area (Å²) in [7, 11) is 1.35. The summed E-state index contributed by atoms with van der Waals surface area (Å²) in [6, 6.07) is 11.5. The first-order valence-electron chi connectivity index (χ1n) is 9.38. The second-order valence-electron chi connectivity index (χ2n) is 6.71. The van der Waals surface area contributed by atoms with E-state index in [2.05, 4.69) is 11.1 Å². The molecule has 3 rings (SSSR count).